The Morgan fingerprint density at radius 2 is 1.77 bits per heavy atom. The highest BCUT2D eigenvalue weighted by molar-refractivity contribution is 6.30. The second kappa shape index (κ2) is 8.59. The molecule has 3 aromatic rings. The maximum Gasteiger partial charge on any atom is 0.255 e. The Bertz CT molecular complexity index is 1060. The third-order valence-electron chi connectivity index (χ3n) is 5.23. The maximum absolute atomic E-state index is 13.1. The standard InChI is InChI=1S/C24H21ClN2O3/c1-30-20-12-6-16(7-13-20)22(14-23(28)26-19-10-8-18(25)9-11-19)27-15-17-4-2-3-5-21(17)24(27)29/h2-13,22H,14-15H2,1H3,(H,26,28)/t22-/m0/s1. The molecule has 0 aliphatic carbocycles. The number of carbonyl (C=O) groups excluding carboxylic acids is 2. The number of nitrogens with zero attached hydrogens (tertiary/aromatic N) is 1. The van der Waals surface area contributed by atoms with Crippen LogP contribution in [0.5, 0.6) is 5.75 Å². The highest BCUT2D eigenvalue weighted by Crippen LogP contribution is 2.34. The summed E-state index contributed by atoms with van der Waals surface area (Å²) >= 11 is 5.92. The van der Waals surface area contributed by atoms with Crippen LogP contribution in [0.4, 0.5) is 5.69 Å². The van der Waals surface area contributed by atoms with E-state index in [4.69, 9.17) is 16.3 Å². The largest absolute Gasteiger partial charge is 0.497 e. The number of halogens is 1. The van der Waals surface area contributed by atoms with Gasteiger partial charge in [-0.3, -0.25) is 9.59 Å². The monoisotopic (exact) mass is 420 g/mol. The molecule has 1 N–H and O–H groups in total. The van der Waals surface area contributed by atoms with E-state index in [9.17, 15) is 9.59 Å². The number of amides is 2. The van der Waals surface area contributed by atoms with E-state index in [0.29, 0.717) is 22.8 Å². The average molecular weight is 421 g/mol. The van der Waals surface area contributed by atoms with E-state index in [1.54, 1.807) is 36.3 Å². The van der Waals surface area contributed by atoms with Crippen molar-refractivity contribution < 1.29 is 14.3 Å². The molecule has 0 saturated heterocycles. The van der Waals surface area contributed by atoms with Crippen molar-refractivity contribution in [1.29, 1.82) is 0 Å². The molecule has 1 atom stereocenters. The fourth-order valence-electron chi connectivity index (χ4n) is 3.68. The molecule has 1 heterocycles. The van der Waals surface area contributed by atoms with E-state index in [1.165, 1.54) is 0 Å². The molecule has 0 bridgehead atoms. The van der Waals surface area contributed by atoms with Crippen LogP contribution in [0.2, 0.25) is 5.02 Å². The lowest BCUT2D eigenvalue weighted by Gasteiger charge is -2.28. The Hall–Kier alpha value is -3.31. The first-order chi connectivity index (χ1) is 14.5. The van der Waals surface area contributed by atoms with Crippen molar-refractivity contribution in [3.63, 3.8) is 0 Å². The van der Waals surface area contributed by atoms with Crippen molar-refractivity contribution in [2.75, 3.05) is 12.4 Å². The number of carbonyl (C=O) groups is 2. The fourth-order valence-corrected chi connectivity index (χ4v) is 3.81. The van der Waals surface area contributed by atoms with Crippen LogP contribution in [0, 0.1) is 0 Å². The number of hydrogen-bond acceptors (Lipinski definition) is 3. The molecule has 3 aromatic carbocycles. The molecule has 0 saturated carbocycles. The summed E-state index contributed by atoms with van der Waals surface area (Å²) in [5.41, 5.74) is 3.20. The van der Waals surface area contributed by atoms with Crippen LogP contribution in [0.1, 0.15) is 33.9 Å². The molecule has 6 heteroatoms. The number of rotatable bonds is 6. The molecule has 5 nitrogen and oxygen atoms in total. The van der Waals surface area contributed by atoms with E-state index < -0.39 is 6.04 Å². The third-order valence-corrected chi connectivity index (χ3v) is 5.48. The Kier molecular flexibility index (Phi) is 5.72. The minimum absolute atomic E-state index is 0.0642. The first-order valence-electron chi connectivity index (χ1n) is 9.63. The second-order valence-electron chi connectivity index (χ2n) is 7.14. The van der Waals surface area contributed by atoms with Crippen LogP contribution >= 0.6 is 11.6 Å². The molecular weight excluding hydrogens is 400 g/mol. The van der Waals surface area contributed by atoms with Gasteiger partial charge in [0.25, 0.3) is 5.91 Å². The van der Waals surface area contributed by atoms with E-state index in [1.807, 2.05) is 48.5 Å². The predicted octanol–water partition coefficient (Wildman–Crippen LogP) is 5.07. The number of anilines is 1. The third kappa shape index (κ3) is 4.16. The summed E-state index contributed by atoms with van der Waals surface area (Å²) in [7, 11) is 1.60. The Balaban J connectivity index is 1.59. The molecule has 30 heavy (non-hydrogen) atoms. The van der Waals surface area contributed by atoms with Gasteiger partial charge < -0.3 is 15.0 Å². The van der Waals surface area contributed by atoms with Crippen LogP contribution in [0.15, 0.2) is 72.8 Å². The molecule has 0 radical (unpaired) electrons. The zero-order valence-electron chi connectivity index (χ0n) is 16.5. The summed E-state index contributed by atoms with van der Waals surface area (Å²) in [4.78, 5) is 27.7. The van der Waals surface area contributed by atoms with Gasteiger partial charge in [-0.25, -0.2) is 0 Å². The maximum atomic E-state index is 13.1. The fraction of sp³-hybridized carbons (Fsp3) is 0.167. The average Bonchev–Trinajstić information content (AvgIpc) is 3.10. The van der Waals surface area contributed by atoms with E-state index >= 15 is 0 Å². The molecule has 2 amide bonds. The minimum atomic E-state index is -0.400. The van der Waals surface area contributed by atoms with Crippen LogP contribution in [-0.4, -0.2) is 23.8 Å². The minimum Gasteiger partial charge on any atom is -0.497 e. The van der Waals surface area contributed by atoms with E-state index in [-0.39, 0.29) is 18.2 Å². The summed E-state index contributed by atoms with van der Waals surface area (Å²) in [5.74, 6) is 0.478. The number of methoxy groups -OCH3 is 1. The van der Waals surface area contributed by atoms with Crippen LogP contribution in [-0.2, 0) is 11.3 Å². The van der Waals surface area contributed by atoms with Gasteiger partial charge in [-0.1, -0.05) is 41.9 Å². The van der Waals surface area contributed by atoms with Crippen molar-refractivity contribution in [2.45, 2.75) is 19.0 Å². The first kappa shape index (κ1) is 20.0. The molecule has 0 unspecified atom stereocenters. The smallest absolute Gasteiger partial charge is 0.255 e. The van der Waals surface area contributed by atoms with Gasteiger partial charge in [0.1, 0.15) is 5.75 Å². The lowest BCUT2D eigenvalue weighted by molar-refractivity contribution is -0.117. The van der Waals surface area contributed by atoms with Crippen LogP contribution in [0.3, 0.4) is 0 Å². The Morgan fingerprint density at radius 3 is 2.43 bits per heavy atom. The van der Waals surface area contributed by atoms with E-state index in [0.717, 1.165) is 16.9 Å². The van der Waals surface area contributed by atoms with Crippen LogP contribution < -0.4 is 10.1 Å². The number of hydrogen-bond donors (Lipinski definition) is 1. The van der Waals surface area contributed by atoms with Crippen molar-refractivity contribution in [3.05, 3.63) is 94.5 Å². The van der Waals surface area contributed by atoms with Crippen LogP contribution in [0.25, 0.3) is 0 Å². The van der Waals surface area contributed by atoms with Gasteiger partial charge >= 0.3 is 0 Å². The molecule has 152 valence electrons. The predicted molar refractivity (Wildman–Crippen MR) is 117 cm³/mol. The number of fused-ring (bicyclic) bond motifs is 1. The SMILES string of the molecule is COc1ccc([C@H](CC(=O)Nc2ccc(Cl)cc2)N2Cc3ccccc3C2=O)cc1. The molecule has 0 spiro atoms. The summed E-state index contributed by atoms with van der Waals surface area (Å²) in [5, 5.41) is 3.49. The Morgan fingerprint density at radius 1 is 1.07 bits per heavy atom. The van der Waals surface area contributed by atoms with Gasteiger partial charge in [0.05, 0.1) is 19.6 Å². The van der Waals surface area contributed by atoms with E-state index in [2.05, 4.69) is 5.32 Å². The molecule has 0 aromatic heterocycles. The van der Waals surface area contributed by atoms with Gasteiger partial charge in [0, 0.05) is 22.8 Å². The molecule has 1 aliphatic heterocycles. The number of ether oxygens (including phenoxy) is 1. The second-order valence-corrected chi connectivity index (χ2v) is 7.57. The Labute approximate surface area is 180 Å². The van der Waals surface area contributed by atoms with Crippen molar-refractivity contribution in [3.8, 4) is 5.75 Å². The quantitative estimate of drug-likeness (QED) is 0.605. The summed E-state index contributed by atoms with van der Waals surface area (Å²) in [6.45, 7) is 0.472. The van der Waals surface area contributed by atoms with Gasteiger partial charge in [0.15, 0.2) is 0 Å². The number of nitrogens with one attached hydrogen (secondary N) is 1. The van der Waals surface area contributed by atoms with Crippen molar-refractivity contribution in [1.82, 2.24) is 4.90 Å². The van der Waals surface area contributed by atoms with Gasteiger partial charge in [-0.05, 0) is 53.6 Å². The normalized spacial score (nSPS) is 13.7. The first-order valence-corrected chi connectivity index (χ1v) is 10.0. The highest BCUT2D eigenvalue weighted by Gasteiger charge is 2.34. The lowest BCUT2D eigenvalue weighted by atomic mass is 10.0. The summed E-state index contributed by atoms with van der Waals surface area (Å²) in [6, 6.07) is 21.6. The summed E-state index contributed by atoms with van der Waals surface area (Å²) < 4.78 is 5.25. The molecule has 0 fully saturated rings. The van der Waals surface area contributed by atoms with Crippen molar-refractivity contribution in [2.24, 2.45) is 0 Å². The molecular formula is C24H21ClN2O3. The topological polar surface area (TPSA) is 58.6 Å². The summed E-state index contributed by atoms with van der Waals surface area (Å²) in [6.07, 6.45) is 0.134. The highest BCUT2D eigenvalue weighted by atomic mass is 35.5. The zero-order valence-corrected chi connectivity index (χ0v) is 17.2. The molecule has 4 rings (SSSR count). The number of benzene rings is 3. The van der Waals surface area contributed by atoms with Crippen molar-refractivity contribution >= 4 is 29.1 Å². The zero-order chi connectivity index (χ0) is 21.1. The van der Waals surface area contributed by atoms with Gasteiger partial charge in [-0.15, -0.1) is 0 Å². The van der Waals surface area contributed by atoms with Gasteiger partial charge in [-0.2, -0.15) is 0 Å². The molecule has 1 aliphatic rings. The van der Waals surface area contributed by atoms with Gasteiger partial charge in [0.2, 0.25) is 5.91 Å². The lowest BCUT2D eigenvalue weighted by Crippen LogP contribution is -2.32.